The highest BCUT2D eigenvalue weighted by molar-refractivity contribution is 7.09. The highest BCUT2D eigenvalue weighted by Gasteiger charge is 2.43. The summed E-state index contributed by atoms with van der Waals surface area (Å²) in [5.74, 6) is 0.493. The van der Waals surface area contributed by atoms with Crippen molar-refractivity contribution in [3.05, 3.63) is 22.4 Å². The Morgan fingerprint density at radius 2 is 2.64 bits per heavy atom. The minimum atomic E-state index is -0.246. The third kappa shape index (κ3) is 1.56. The number of nitrogens with one attached hydrogen (secondary N) is 1. The Kier molecular flexibility index (Phi) is 2.58. The van der Waals surface area contributed by atoms with E-state index >= 15 is 0 Å². The number of hydrogen-bond donors (Lipinski definition) is 1. The molecule has 1 heterocycles. The molecule has 1 aliphatic carbocycles. The lowest BCUT2D eigenvalue weighted by molar-refractivity contribution is 0.154. The van der Waals surface area contributed by atoms with Crippen molar-refractivity contribution in [3.63, 3.8) is 0 Å². The predicted octanol–water partition coefficient (Wildman–Crippen LogP) is 2.53. The molecule has 0 saturated heterocycles. The van der Waals surface area contributed by atoms with E-state index in [1.54, 1.807) is 11.3 Å². The van der Waals surface area contributed by atoms with Gasteiger partial charge in [-0.1, -0.05) is 13.0 Å². The maximum Gasteiger partial charge on any atom is 0.109 e. The van der Waals surface area contributed by atoms with Crippen molar-refractivity contribution in [2.75, 3.05) is 0 Å². The first-order chi connectivity index (χ1) is 6.77. The largest absolute Gasteiger partial charge is 0.294 e. The Bertz CT molecular complexity index is 339. The van der Waals surface area contributed by atoms with Crippen molar-refractivity contribution >= 4 is 11.3 Å². The third-order valence-corrected chi connectivity index (χ3v) is 4.05. The highest BCUT2D eigenvalue weighted by atomic mass is 32.1. The Hall–Kier alpha value is -0.850. The summed E-state index contributed by atoms with van der Waals surface area (Å²) in [6, 6.07) is 6.57. The lowest BCUT2D eigenvalue weighted by atomic mass is 9.68. The first-order valence-corrected chi connectivity index (χ1v) is 5.83. The molecular formula is C11H14N2S. The quantitative estimate of drug-likeness (QED) is 0.825. The van der Waals surface area contributed by atoms with E-state index in [-0.39, 0.29) is 5.54 Å². The lowest BCUT2D eigenvalue weighted by Gasteiger charge is -2.43. The van der Waals surface area contributed by atoms with Crippen molar-refractivity contribution in [3.8, 4) is 6.07 Å². The van der Waals surface area contributed by atoms with Crippen LogP contribution in [0.5, 0.6) is 0 Å². The van der Waals surface area contributed by atoms with Crippen LogP contribution in [0.1, 0.15) is 24.6 Å². The van der Waals surface area contributed by atoms with Crippen LogP contribution in [0.3, 0.4) is 0 Å². The first-order valence-electron chi connectivity index (χ1n) is 4.95. The lowest BCUT2D eigenvalue weighted by Crippen LogP contribution is -2.55. The van der Waals surface area contributed by atoms with Crippen molar-refractivity contribution in [2.24, 2.45) is 5.92 Å². The monoisotopic (exact) mass is 206 g/mol. The van der Waals surface area contributed by atoms with Crippen LogP contribution in [0.2, 0.25) is 0 Å². The van der Waals surface area contributed by atoms with Crippen molar-refractivity contribution < 1.29 is 0 Å². The predicted molar refractivity (Wildman–Crippen MR) is 57.9 cm³/mol. The van der Waals surface area contributed by atoms with Gasteiger partial charge < -0.3 is 0 Å². The summed E-state index contributed by atoms with van der Waals surface area (Å²) in [5, 5.41) is 14.6. The van der Waals surface area contributed by atoms with Gasteiger partial charge in [-0.15, -0.1) is 11.3 Å². The maximum absolute atomic E-state index is 9.13. The second-order valence-electron chi connectivity index (χ2n) is 3.96. The van der Waals surface area contributed by atoms with Gasteiger partial charge in [0.05, 0.1) is 6.07 Å². The maximum atomic E-state index is 9.13. The fourth-order valence-electron chi connectivity index (χ4n) is 1.85. The molecule has 0 aliphatic heterocycles. The fraction of sp³-hybridized carbons (Fsp3) is 0.545. The van der Waals surface area contributed by atoms with E-state index in [0.717, 1.165) is 13.0 Å². The number of thiophene rings is 1. The van der Waals surface area contributed by atoms with Gasteiger partial charge in [-0.2, -0.15) is 5.26 Å². The molecule has 74 valence electrons. The molecule has 1 aromatic rings. The van der Waals surface area contributed by atoms with E-state index in [0.29, 0.717) is 5.92 Å². The molecule has 14 heavy (non-hydrogen) atoms. The molecule has 0 spiro atoms. The minimum absolute atomic E-state index is 0.246. The van der Waals surface area contributed by atoms with Gasteiger partial charge in [0, 0.05) is 11.4 Å². The van der Waals surface area contributed by atoms with Crippen LogP contribution in [-0.4, -0.2) is 5.54 Å². The van der Waals surface area contributed by atoms with Crippen LogP contribution in [-0.2, 0) is 6.54 Å². The van der Waals surface area contributed by atoms with E-state index in [9.17, 15) is 0 Å². The minimum Gasteiger partial charge on any atom is -0.294 e. The Balaban J connectivity index is 1.94. The zero-order chi connectivity index (χ0) is 10.0. The van der Waals surface area contributed by atoms with Crippen LogP contribution >= 0.6 is 11.3 Å². The number of nitriles is 1. The smallest absolute Gasteiger partial charge is 0.109 e. The summed E-state index contributed by atoms with van der Waals surface area (Å²) < 4.78 is 0. The van der Waals surface area contributed by atoms with Crippen LogP contribution in [0, 0.1) is 17.2 Å². The summed E-state index contributed by atoms with van der Waals surface area (Å²) in [4.78, 5) is 1.30. The molecule has 1 aromatic heterocycles. The molecule has 2 unspecified atom stereocenters. The molecule has 0 aromatic carbocycles. The zero-order valence-electron chi connectivity index (χ0n) is 8.29. The summed E-state index contributed by atoms with van der Waals surface area (Å²) >= 11 is 1.74. The van der Waals surface area contributed by atoms with E-state index in [4.69, 9.17) is 5.26 Å². The third-order valence-electron chi connectivity index (χ3n) is 3.17. The van der Waals surface area contributed by atoms with E-state index in [1.807, 2.05) is 6.07 Å². The molecule has 2 nitrogen and oxygen atoms in total. The number of hydrogen-bond acceptors (Lipinski definition) is 3. The zero-order valence-corrected chi connectivity index (χ0v) is 9.10. The van der Waals surface area contributed by atoms with Crippen LogP contribution in [0.4, 0.5) is 0 Å². The normalized spacial score (nSPS) is 30.7. The van der Waals surface area contributed by atoms with Crippen molar-refractivity contribution in [2.45, 2.75) is 31.8 Å². The summed E-state index contributed by atoms with van der Waals surface area (Å²) in [5.41, 5.74) is -0.246. The second-order valence-corrected chi connectivity index (χ2v) is 4.99. The molecule has 2 atom stereocenters. The number of nitrogens with zero attached hydrogens (tertiary/aromatic N) is 1. The molecule has 1 aliphatic rings. The van der Waals surface area contributed by atoms with Gasteiger partial charge in [-0.3, -0.25) is 5.32 Å². The van der Waals surface area contributed by atoms with Crippen LogP contribution in [0.15, 0.2) is 17.5 Å². The van der Waals surface area contributed by atoms with Gasteiger partial charge in [0.15, 0.2) is 0 Å². The Morgan fingerprint density at radius 1 is 1.79 bits per heavy atom. The molecule has 1 fully saturated rings. The standard InChI is InChI=1S/C11H14N2S/c1-9-4-5-11(9,8-12)13-7-10-3-2-6-14-10/h2-3,6,9,13H,4-5,7H2,1H3. The second kappa shape index (κ2) is 3.72. The van der Waals surface area contributed by atoms with E-state index in [2.05, 4.69) is 29.8 Å². The SMILES string of the molecule is CC1CCC1(C#N)NCc1cccs1. The summed E-state index contributed by atoms with van der Waals surface area (Å²) in [6.45, 7) is 2.98. The van der Waals surface area contributed by atoms with Gasteiger partial charge in [0.25, 0.3) is 0 Å². The molecular weight excluding hydrogens is 192 g/mol. The van der Waals surface area contributed by atoms with Gasteiger partial charge in [0.1, 0.15) is 5.54 Å². The molecule has 2 rings (SSSR count). The van der Waals surface area contributed by atoms with Gasteiger partial charge in [-0.25, -0.2) is 0 Å². The molecule has 0 amide bonds. The van der Waals surface area contributed by atoms with Crippen LogP contribution in [0.25, 0.3) is 0 Å². The van der Waals surface area contributed by atoms with Crippen molar-refractivity contribution in [1.82, 2.24) is 5.32 Å². The van der Waals surface area contributed by atoms with Gasteiger partial charge >= 0.3 is 0 Å². The van der Waals surface area contributed by atoms with E-state index < -0.39 is 0 Å². The van der Waals surface area contributed by atoms with Gasteiger partial charge in [-0.05, 0) is 30.2 Å². The fourth-order valence-corrected chi connectivity index (χ4v) is 2.49. The summed E-state index contributed by atoms with van der Waals surface area (Å²) in [7, 11) is 0. The molecule has 3 heteroatoms. The average molecular weight is 206 g/mol. The van der Waals surface area contributed by atoms with Crippen molar-refractivity contribution in [1.29, 1.82) is 5.26 Å². The first kappa shape index (κ1) is 9.70. The van der Waals surface area contributed by atoms with Crippen LogP contribution < -0.4 is 5.32 Å². The highest BCUT2D eigenvalue weighted by Crippen LogP contribution is 2.37. The molecule has 1 N–H and O–H groups in total. The van der Waals surface area contributed by atoms with Gasteiger partial charge in [0.2, 0.25) is 0 Å². The molecule has 0 radical (unpaired) electrons. The van der Waals surface area contributed by atoms with E-state index in [1.165, 1.54) is 11.3 Å². The Morgan fingerprint density at radius 3 is 3.07 bits per heavy atom. The Labute approximate surface area is 88.6 Å². The average Bonchev–Trinajstić information content (AvgIpc) is 2.70. The molecule has 1 saturated carbocycles. The number of rotatable bonds is 3. The topological polar surface area (TPSA) is 35.8 Å². The molecule has 0 bridgehead atoms. The summed E-state index contributed by atoms with van der Waals surface area (Å²) in [6.07, 6.45) is 2.17.